The summed E-state index contributed by atoms with van der Waals surface area (Å²) in [6, 6.07) is 13.7. The van der Waals surface area contributed by atoms with E-state index < -0.39 is 5.41 Å². The third kappa shape index (κ3) is 3.88. The summed E-state index contributed by atoms with van der Waals surface area (Å²) >= 11 is 0. The van der Waals surface area contributed by atoms with Crippen LogP contribution in [0.5, 0.6) is 5.75 Å². The third-order valence-electron chi connectivity index (χ3n) is 5.04. The highest BCUT2D eigenvalue weighted by Gasteiger charge is 2.34. The van der Waals surface area contributed by atoms with Crippen LogP contribution in [0.15, 0.2) is 42.5 Å². The second-order valence-corrected chi connectivity index (χ2v) is 7.40. The predicted octanol–water partition coefficient (Wildman–Crippen LogP) is 4.56. The number of methoxy groups -OCH3 is 1. The summed E-state index contributed by atoms with van der Waals surface area (Å²) in [6.07, 6.45) is 0. The molecule has 29 heavy (non-hydrogen) atoms. The number of anilines is 2. The summed E-state index contributed by atoms with van der Waals surface area (Å²) in [5.41, 5.74) is 1.68. The number of rotatable bonds is 6. The van der Waals surface area contributed by atoms with Crippen molar-refractivity contribution in [3.8, 4) is 5.75 Å². The molecule has 0 unspecified atom stereocenters. The van der Waals surface area contributed by atoms with Gasteiger partial charge >= 0.3 is 5.97 Å². The minimum absolute atomic E-state index is 0.290. The van der Waals surface area contributed by atoms with Crippen molar-refractivity contribution in [1.29, 1.82) is 0 Å². The lowest BCUT2D eigenvalue weighted by Gasteiger charge is -2.27. The average Bonchev–Trinajstić information content (AvgIpc) is 2.72. The quantitative estimate of drug-likeness (QED) is 0.572. The molecule has 152 valence electrons. The topological polar surface area (TPSA) is 64.5 Å². The zero-order valence-corrected chi connectivity index (χ0v) is 17.8. The zero-order valence-electron chi connectivity index (χ0n) is 17.8. The molecule has 0 saturated carbocycles. The van der Waals surface area contributed by atoms with Crippen LogP contribution in [0.3, 0.4) is 0 Å². The van der Waals surface area contributed by atoms with Crippen molar-refractivity contribution < 1.29 is 14.3 Å². The van der Waals surface area contributed by atoms with E-state index in [4.69, 9.17) is 9.47 Å². The molecule has 6 nitrogen and oxygen atoms in total. The van der Waals surface area contributed by atoms with Crippen molar-refractivity contribution in [2.24, 2.45) is 0 Å². The maximum absolute atomic E-state index is 12.6. The first kappa shape index (κ1) is 20.6. The highest BCUT2D eigenvalue weighted by Crippen LogP contribution is 2.37. The number of fused-ring (bicyclic) bond motifs is 1. The highest BCUT2D eigenvalue weighted by molar-refractivity contribution is 5.92. The van der Waals surface area contributed by atoms with Gasteiger partial charge in [0.1, 0.15) is 17.4 Å². The molecule has 0 fully saturated rings. The number of hydrogen-bond donors (Lipinski definition) is 0. The number of aryl methyl sites for hydroxylation is 1. The summed E-state index contributed by atoms with van der Waals surface area (Å²) in [6.45, 7) is 7.70. The van der Waals surface area contributed by atoms with Crippen LogP contribution >= 0.6 is 0 Å². The molecule has 0 aliphatic heterocycles. The Balaban J connectivity index is 2.12. The van der Waals surface area contributed by atoms with E-state index in [0.717, 1.165) is 28.0 Å². The van der Waals surface area contributed by atoms with E-state index in [1.807, 2.05) is 75.2 Å². The molecule has 1 heterocycles. The number of hydrogen-bond acceptors (Lipinski definition) is 6. The molecule has 0 atom stereocenters. The van der Waals surface area contributed by atoms with E-state index in [9.17, 15) is 4.79 Å². The van der Waals surface area contributed by atoms with Crippen LogP contribution in [0.1, 0.15) is 32.2 Å². The van der Waals surface area contributed by atoms with Crippen LogP contribution in [0.25, 0.3) is 10.9 Å². The average molecular weight is 393 g/mol. The fourth-order valence-corrected chi connectivity index (χ4v) is 3.37. The maximum Gasteiger partial charge on any atom is 0.316 e. The molecule has 0 bridgehead atoms. The lowest BCUT2D eigenvalue weighted by Crippen LogP contribution is -2.31. The van der Waals surface area contributed by atoms with Crippen molar-refractivity contribution in [2.75, 3.05) is 25.7 Å². The van der Waals surface area contributed by atoms with E-state index in [1.54, 1.807) is 14.0 Å². The first-order valence-corrected chi connectivity index (χ1v) is 9.62. The van der Waals surface area contributed by atoms with E-state index >= 15 is 0 Å². The van der Waals surface area contributed by atoms with Crippen LogP contribution in [-0.2, 0) is 14.9 Å². The van der Waals surface area contributed by atoms with Crippen molar-refractivity contribution in [1.82, 2.24) is 9.97 Å². The molecule has 2 aromatic carbocycles. The van der Waals surface area contributed by atoms with Gasteiger partial charge in [0.2, 0.25) is 0 Å². The minimum atomic E-state index is -0.859. The molecule has 6 heteroatoms. The van der Waals surface area contributed by atoms with Crippen LogP contribution < -0.4 is 9.64 Å². The van der Waals surface area contributed by atoms with E-state index in [2.05, 4.69) is 9.97 Å². The van der Waals surface area contributed by atoms with Gasteiger partial charge in [-0.1, -0.05) is 12.1 Å². The van der Waals surface area contributed by atoms with Crippen molar-refractivity contribution in [3.05, 3.63) is 53.9 Å². The predicted molar refractivity (Wildman–Crippen MR) is 115 cm³/mol. The van der Waals surface area contributed by atoms with Crippen molar-refractivity contribution >= 4 is 28.4 Å². The van der Waals surface area contributed by atoms with E-state index in [0.29, 0.717) is 18.2 Å². The van der Waals surface area contributed by atoms with Gasteiger partial charge in [0.25, 0.3) is 0 Å². The SMILES string of the molecule is CCOC(=O)C(C)(C)c1cc(N(C)c2nc(C)nc3ccccc23)ccc1OC. The molecule has 0 spiro atoms. The fraction of sp³-hybridized carbons (Fsp3) is 0.348. The second kappa shape index (κ2) is 8.07. The Morgan fingerprint density at radius 3 is 2.55 bits per heavy atom. The van der Waals surface area contributed by atoms with E-state index in [-0.39, 0.29) is 5.97 Å². The molecule has 3 aromatic rings. The normalized spacial score (nSPS) is 11.4. The maximum atomic E-state index is 12.6. The lowest BCUT2D eigenvalue weighted by atomic mass is 9.83. The smallest absolute Gasteiger partial charge is 0.316 e. The Morgan fingerprint density at radius 2 is 1.86 bits per heavy atom. The molecular formula is C23H27N3O3. The van der Waals surface area contributed by atoms with Gasteiger partial charge in [0.05, 0.1) is 24.6 Å². The van der Waals surface area contributed by atoms with E-state index in [1.165, 1.54) is 0 Å². The van der Waals surface area contributed by atoms with Crippen LogP contribution in [0.2, 0.25) is 0 Å². The summed E-state index contributed by atoms with van der Waals surface area (Å²) in [4.78, 5) is 23.8. The second-order valence-electron chi connectivity index (χ2n) is 7.40. The monoisotopic (exact) mass is 393 g/mol. The number of para-hydroxylation sites is 1. The van der Waals surface area contributed by atoms with Gasteiger partial charge in [-0.2, -0.15) is 0 Å². The fourth-order valence-electron chi connectivity index (χ4n) is 3.37. The Hall–Kier alpha value is -3.15. The number of carbonyl (C=O) groups excluding carboxylic acids is 1. The summed E-state index contributed by atoms with van der Waals surface area (Å²) in [5.74, 6) is 1.86. The number of esters is 1. The van der Waals surface area contributed by atoms with Crippen molar-refractivity contribution in [3.63, 3.8) is 0 Å². The van der Waals surface area contributed by atoms with Gasteiger partial charge in [0, 0.05) is 23.7 Å². The largest absolute Gasteiger partial charge is 0.496 e. The Bertz CT molecular complexity index is 1050. The Labute approximate surface area is 171 Å². The number of aromatic nitrogens is 2. The molecule has 0 saturated heterocycles. The summed E-state index contributed by atoms with van der Waals surface area (Å²) in [5, 5.41) is 0.961. The number of nitrogens with zero attached hydrogens (tertiary/aromatic N) is 3. The lowest BCUT2D eigenvalue weighted by molar-refractivity contribution is -0.148. The van der Waals surface area contributed by atoms with Gasteiger partial charge in [-0.05, 0) is 58.0 Å². The summed E-state index contributed by atoms with van der Waals surface area (Å²) < 4.78 is 10.8. The van der Waals surface area contributed by atoms with Crippen molar-refractivity contribution in [2.45, 2.75) is 33.1 Å². The minimum Gasteiger partial charge on any atom is -0.496 e. The van der Waals surface area contributed by atoms with Gasteiger partial charge in [-0.25, -0.2) is 9.97 Å². The first-order chi connectivity index (χ1) is 13.8. The van der Waals surface area contributed by atoms with Crippen LogP contribution in [-0.4, -0.2) is 36.7 Å². The Kier molecular flexibility index (Phi) is 5.73. The number of ether oxygens (including phenoxy) is 2. The van der Waals surface area contributed by atoms with Gasteiger partial charge < -0.3 is 14.4 Å². The Morgan fingerprint density at radius 1 is 1.14 bits per heavy atom. The van der Waals surface area contributed by atoms with Gasteiger partial charge in [0.15, 0.2) is 0 Å². The molecule has 0 radical (unpaired) electrons. The third-order valence-corrected chi connectivity index (χ3v) is 5.04. The zero-order chi connectivity index (χ0) is 21.2. The molecule has 0 amide bonds. The van der Waals surface area contributed by atoms with Crippen LogP contribution in [0.4, 0.5) is 11.5 Å². The van der Waals surface area contributed by atoms with Gasteiger partial charge in [-0.3, -0.25) is 4.79 Å². The standard InChI is InChI=1S/C23H27N3O3/c1-7-29-22(27)23(3,4)18-14-16(12-13-20(18)28-6)26(5)21-17-10-8-9-11-19(17)24-15(2)25-21/h8-14H,7H2,1-6H3. The molecular weight excluding hydrogens is 366 g/mol. The summed E-state index contributed by atoms with van der Waals surface area (Å²) in [7, 11) is 3.56. The molecule has 3 rings (SSSR count). The highest BCUT2D eigenvalue weighted by atomic mass is 16.5. The van der Waals surface area contributed by atoms with Gasteiger partial charge in [-0.15, -0.1) is 0 Å². The molecule has 0 N–H and O–H groups in total. The first-order valence-electron chi connectivity index (χ1n) is 9.62. The molecule has 0 aliphatic rings. The molecule has 1 aromatic heterocycles. The van der Waals surface area contributed by atoms with Crippen LogP contribution in [0, 0.1) is 6.92 Å². The number of benzene rings is 2. The number of carbonyl (C=O) groups is 1. The molecule has 0 aliphatic carbocycles.